The molecule has 0 unspecified atom stereocenters. The molecule has 0 aliphatic carbocycles. The average Bonchev–Trinajstić information content (AvgIpc) is 3.76. The van der Waals surface area contributed by atoms with Crippen LogP contribution in [0.2, 0.25) is 0 Å². The van der Waals surface area contributed by atoms with Crippen LogP contribution in [0.25, 0.3) is 94.4 Å². The first kappa shape index (κ1) is 24.2. The number of hydrogen-bond acceptors (Lipinski definition) is 5. The first-order valence-corrected chi connectivity index (χ1v) is 14.9. The molecule has 0 N–H and O–H groups in total. The molecule has 0 amide bonds. The predicted octanol–water partition coefficient (Wildman–Crippen LogP) is 10.1. The zero-order valence-corrected chi connectivity index (χ0v) is 23.8. The molecule has 0 fully saturated rings. The normalized spacial score (nSPS) is 12.0. The Morgan fingerprint density at radius 2 is 0.978 bits per heavy atom. The SMILES string of the molecule is c1ccc(-c2nc(-c3ccccc3)nc(-n3c4ccccc4c4cc5oc6ccc7oc8ccccc8c7c6c5cc43)n2)cc1. The lowest BCUT2D eigenvalue weighted by molar-refractivity contribution is 0.663. The average molecular weight is 579 g/mol. The van der Waals surface area contributed by atoms with Gasteiger partial charge >= 0.3 is 0 Å². The minimum atomic E-state index is 0.556. The minimum Gasteiger partial charge on any atom is -0.456 e. The Kier molecular flexibility index (Phi) is 4.90. The van der Waals surface area contributed by atoms with E-state index in [9.17, 15) is 0 Å². The first-order chi connectivity index (χ1) is 22.3. The summed E-state index contributed by atoms with van der Waals surface area (Å²) in [6.45, 7) is 0. The van der Waals surface area contributed by atoms with Gasteiger partial charge in [0.1, 0.15) is 22.3 Å². The molecular weight excluding hydrogens is 556 g/mol. The van der Waals surface area contributed by atoms with Crippen LogP contribution < -0.4 is 0 Å². The van der Waals surface area contributed by atoms with Gasteiger partial charge in [0.05, 0.1) is 11.0 Å². The third-order valence-electron chi connectivity index (χ3n) is 8.66. The zero-order valence-electron chi connectivity index (χ0n) is 23.8. The van der Waals surface area contributed by atoms with Gasteiger partial charge in [0, 0.05) is 43.4 Å². The highest BCUT2D eigenvalue weighted by molar-refractivity contribution is 6.27. The topological polar surface area (TPSA) is 69.9 Å². The van der Waals surface area contributed by atoms with Gasteiger partial charge in [0.2, 0.25) is 5.95 Å². The fraction of sp³-hybridized carbons (Fsp3) is 0. The van der Waals surface area contributed by atoms with Crippen molar-refractivity contribution in [2.75, 3.05) is 0 Å². The molecule has 6 nitrogen and oxygen atoms in total. The van der Waals surface area contributed by atoms with E-state index in [1.54, 1.807) is 0 Å². The fourth-order valence-electron chi connectivity index (χ4n) is 6.66. The molecule has 4 aromatic heterocycles. The number of aromatic nitrogens is 4. The van der Waals surface area contributed by atoms with E-state index >= 15 is 0 Å². The van der Waals surface area contributed by atoms with E-state index in [-0.39, 0.29) is 0 Å². The van der Waals surface area contributed by atoms with E-state index in [4.69, 9.17) is 23.8 Å². The van der Waals surface area contributed by atoms with Crippen molar-refractivity contribution in [3.63, 3.8) is 0 Å². The van der Waals surface area contributed by atoms with Gasteiger partial charge in [-0.05, 0) is 36.4 Å². The lowest BCUT2D eigenvalue weighted by Crippen LogP contribution is -2.06. The van der Waals surface area contributed by atoms with Crippen molar-refractivity contribution < 1.29 is 8.83 Å². The van der Waals surface area contributed by atoms with E-state index < -0.39 is 0 Å². The summed E-state index contributed by atoms with van der Waals surface area (Å²) in [4.78, 5) is 15.1. The second-order valence-electron chi connectivity index (χ2n) is 11.2. The van der Waals surface area contributed by atoms with Crippen LogP contribution in [0.4, 0.5) is 0 Å². The van der Waals surface area contributed by atoms with Gasteiger partial charge in [-0.15, -0.1) is 0 Å². The Labute approximate surface area is 255 Å². The van der Waals surface area contributed by atoms with Crippen LogP contribution in [0.1, 0.15) is 0 Å². The summed E-state index contributed by atoms with van der Waals surface area (Å²) in [7, 11) is 0. The molecule has 0 saturated heterocycles. The van der Waals surface area contributed by atoms with Crippen molar-refractivity contribution in [3.8, 4) is 28.7 Å². The molecule has 0 bridgehead atoms. The lowest BCUT2D eigenvalue weighted by Gasteiger charge is -2.11. The molecular formula is C39H22N4O2. The Morgan fingerprint density at radius 1 is 0.400 bits per heavy atom. The Balaban J connectivity index is 1.34. The van der Waals surface area contributed by atoms with Crippen molar-refractivity contribution in [1.29, 1.82) is 0 Å². The largest absolute Gasteiger partial charge is 0.456 e. The number of nitrogens with zero attached hydrogens (tertiary/aromatic N) is 4. The molecule has 210 valence electrons. The van der Waals surface area contributed by atoms with E-state index in [1.807, 2.05) is 91.0 Å². The number of hydrogen-bond donors (Lipinski definition) is 0. The van der Waals surface area contributed by atoms with Crippen LogP contribution in [0.15, 0.2) is 142 Å². The van der Waals surface area contributed by atoms with E-state index in [1.165, 1.54) is 0 Å². The maximum atomic E-state index is 6.51. The van der Waals surface area contributed by atoms with Gasteiger partial charge in [-0.1, -0.05) is 97.1 Å². The quantitative estimate of drug-likeness (QED) is 0.209. The molecule has 4 heterocycles. The van der Waals surface area contributed by atoms with Crippen LogP contribution in [-0.2, 0) is 0 Å². The molecule has 6 heteroatoms. The minimum absolute atomic E-state index is 0.556. The van der Waals surface area contributed by atoms with Crippen molar-refractivity contribution >= 4 is 65.7 Å². The second-order valence-corrected chi connectivity index (χ2v) is 11.2. The number of rotatable bonds is 3. The van der Waals surface area contributed by atoms with Crippen molar-refractivity contribution in [2.24, 2.45) is 0 Å². The van der Waals surface area contributed by atoms with Crippen LogP contribution in [-0.4, -0.2) is 19.5 Å². The maximum absolute atomic E-state index is 6.51. The lowest BCUT2D eigenvalue weighted by atomic mass is 10.0. The van der Waals surface area contributed by atoms with Gasteiger partial charge in [-0.25, -0.2) is 4.98 Å². The van der Waals surface area contributed by atoms with Crippen LogP contribution in [0.3, 0.4) is 0 Å². The fourth-order valence-corrected chi connectivity index (χ4v) is 6.66. The molecule has 0 saturated carbocycles. The molecule has 0 radical (unpaired) electrons. The van der Waals surface area contributed by atoms with E-state index in [0.717, 1.165) is 76.8 Å². The highest BCUT2D eigenvalue weighted by Crippen LogP contribution is 2.43. The van der Waals surface area contributed by atoms with E-state index in [2.05, 4.69) is 47.0 Å². The van der Waals surface area contributed by atoms with Gasteiger partial charge in [0.15, 0.2) is 11.6 Å². The smallest absolute Gasteiger partial charge is 0.238 e. The van der Waals surface area contributed by atoms with Crippen LogP contribution in [0, 0.1) is 0 Å². The summed E-state index contributed by atoms with van der Waals surface area (Å²) < 4.78 is 14.9. The maximum Gasteiger partial charge on any atom is 0.238 e. The Morgan fingerprint density at radius 3 is 1.69 bits per heavy atom. The third-order valence-corrected chi connectivity index (χ3v) is 8.66. The van der Waals surface area contributed by atoms with Crippen molar-refractivity contribution in [3.05, 3.63) is 133 Å². The number of para-hydroxylation sites is 2. The Bertz CT molecular complexity index is 2700. The first-order valence-electron chi connectivity index (χ1n) is 14.9. The summed E-state index contributed by atoms with van der Waals surface area (Å²) in [5.74, 6) is 1.79. The molecule has 0 aliphatic rings. The predicted molar refractivity (Wildman–Crippen MR) is 180 cm³/mol. The highest BCUT2D eigenvalue weighted by atomic mass is 16.3. The molecule has 10 aromatic rings. The molecule has 0 spiro atoms. The number of furan rings is 2. The van der Waals surface area contributed by atoms with Gasteiger partial charge in [0.25, 0.3) is 0 Å². The monoisotopic (exact) mass is 578 g/mol. The van der Waals surface area contributed by atoms with Gasteiger partial charge in [-0.3, -0.25) is 4.57 Å². The molecule has 0 aliphatic heterocycles. The van der Waals surface area contributed by atoms with Gasteiger partial charge < -0.3 is 8.83 Å². The van der Waals surface area contributed by atoms with Crippen molar-refractivity contribution in [1.82, 2.24) is 19.5 Å². The summed E-state index contributed by atoms with van der Waals surface area (Å²) in [6.07, 6.45) is 0. The van der Waals surface area contributed by atoms with E-state index in [0.29, 0.717) is 17.6 Å². The van der Waals surface area contributed by atoms with Crippen LogP contribution >= 0.6 is 0 Å². The number of fused-ring (bicyclic) bond motifs is 10. The summed E-state index contributed by atoms with van der Waals surface area (Å²) >= 11 is 0. The standard InChI is InChI=1S/C39H22N4O2/c1-3-11-23(12-4-1)37-40-38(24-13-5-2-6-14-24)42-39(41-37)43-29-17-9-7-15-25(29)27-22-34-28(21-30(27)43)36-33(45-34)20-19-32-35(36)26-16-8-10-18-31(26)44-32/h1-22H. The zero-order chi connectivity index (χ0) is 29.5. The molecule has 6 aromatic carbocycles. The van der Waals surface area contributed by atoms with Crippen molar-refractivity contribution in [2.45, 2.75) is 0 Å². The van der Waals surface area contributed by atoms with Crippen LogP contribution in [0.5, 0.6) is 0 Å². The second kappa shape index (κ2) is 9.11. The highest BCUT2D eigenvalue weighted by Gasteiger charge is 2.21. The summed E-state index contributed by atoms with van der Waals surface area (Å²) in [5, 5.41) is 6.34. The molecule has 45 heavy (non-hydrogen) atoms. The van der Waals surface area contributed by atoms with Gasteiger partial charge in [-0.2, -0.15) is 9.97 Å². The summed E-state index contributed by atoms with van der Waals surface area (Å²) in [5.41, 5.74) is 7.19. The number of benzene rings is 6. The molecule has 0 atom stereocenters. The third kappa shape index (κ3) is 3.53. The summed E-state index contributed by atoms with van der Waals surface area (Å²) in [6, 6.07) is 45.0. The Hall–Kier alpha value is -6.27. The molecule has 10 rings (SSSR count).